The lowest BCUT2D eigenvalue weighted by Crippen LogP contribution is -2.10. The Labute approximate surface area is 101 Å². The van der Waals surface area contributed by atoms with E-state index in [1.54, 1.807) is 12.1 Å². The first-order chi connectivity index (χ1) is 6.15. The molecule has 0 radical (unpaired) electrons. The molecule has 0 aliphatic heterocycles. The van der Waals surface area contributed by atoms with Gasteiger partial charge >= 0.3 is 0 Å². The second-order valence-electron chi connectivity index (χ2n) is 3.06. The molecular weight excluding hydrogens is 240 g/mol. The van der Waals surface area contributed by atoms with Crippen LogP contribution in [0.1, 0.15) is 31.4 Å². The quantitative estimate of drug-likeness (QED) is 0.859. The first-order valence-corrected chi connectivity index (χ1v) is 5.11. The van der Waals surface area contributed by atoms with Gasteiger partial charge in [-0.2, -0.15) is 0 Å². The monoisotopic (exact) mass is 253 g/mol. The van der Waals surface area contributed by atoms with Crippen molar-refractivity contribution < 1.29 is 0 Å². The minimum Gasteiger partial charge on any atom is -0.324 e. The Morgan fingerprint density at radius 1 is 1.36 bits per heavy atom. The highest BCUT2D eigenvalue weighted by Gasteiger charge is 2.09. The van der Waals surface area contributed by atoms with Crippen LogP contribution in [0.3, 0.4) is 0 Å². The molecule has 0 saturated carbocycles. The van der Waals surface area contributed by atoms with E-state index >= 15 is 0 Å². The van der Waals surface area contributed by atoms with E-state index in [4.69, 9.17) is 28.9 Å². The summed E-state index contributed by atoms with van der Waals surface area (Å²) in [5, 5.41) is 1.39. The molecule has 0 fully saturated rings. The molecule has 0 unspecified atom stereocenters. The topological polar surface area (TPSA) is 26.0 Å². The van der Waals surface area contributed by atoms with Crippen LogP contribution in [-0.4, -0.2) is 0 Å². The van der Waals surface area contributed by atoms with Crippen molar-refractivity contribution in [1.82, 2.24) is 0 Å². The highest BCUT2D eigenvalue weighted by molar-refractivity contribution is 6.33. The highest BCUT2D eigenvalue weighted by Crippen LogP contribution is 2.27. The van der Waals surface area contributed by atoms with Gasteiger partial charge in [0.1, 0.15) is 0 Å². The molecule has 0 aliphatic rings. The largest absolute Gasteiger partial charge is 0.324 e. The fourth-order valence-corrected chi connectivity index (χ4v) is 1.70. The van der Waals surface area contributed by atoms with Gasteiger partial charge in [0.15, 0.2) is 0 Å². The predicted octanol–water partition coefficient (Wildman–Crippen LogP) is 4.22. The number of hydrogen-bond donors (Lipinski definition) is 1. The molecule has 0 spiro atoms. The lowest BCUT2D eigenvalue weighted by Gasteiger charge is -2.12. The van der Waals surface area contributed by atoms with Gasteiger partial charge in [0, 0.05) is 16.1 Å². The smallest absolute Gasteiger partial charge is 0.0454 e. The number of halogens is 3. The lowest BCUT2D eigenvalue weighted by molar-refractivity contribution is 0.639. The summed E-state index contributed by atoms with van der Waals surface area (Å²) < 4.78 is 0. The number of benzene rings is 1. The van der Waals surface area contributed by atoms with Crippen molar-refractivity contribution in [3.63, 3.8) is 0 Å². The lowest BCUT2D eigenvalue weighted by atomic mass is 10.0. The van der Waals surface area contributed by atoms with Gasteiger partial charge in [0.25, 0.3) is 0 Å². The van der Waals surface area contributed by atoms with Crippen LogP contribution in [-0.2, 0) is 0 Å². The van der Waals surface area contributed by atoms with E-state index in [0.29, 0.717) is 10.0 Å². The zero-order valence-corrected chi connectivity index (χ0v) is 10.3. The van der Waals surface area contributed by atoms with E-state index in [2.05, 4.69) is 6.92 Å². The maximum absolute atomic E-state index is 5.99. The van der Waals surface area contributed by atoms with Gasteiger partial charge in [0.2, 0.25) is 0 Å². The van der Waals surface area contributed by atoms with Crippen molar-refractivity contribution in [1.29, 1.82) is 0 Å². The molecule has 1 rings (SSSR count). The van der Waals surface area contributed by atoms with Gasteiger partial charge in [-0.1, -0.05) is 36.5 Å². The highest BCUT2D eigenvalue weighted by atomic mass is 35.5. The second kappa shape index (κ2) is 6.52. The van der Waals surface area contributed by atoms with Crippen molar-refractivity contribution in [2.24, 2.45) is 5.73 Å². The molecule has 14 heavy (non-hydrogen) atoms. The Hall–Kier alpha value is 0.0500. The Kier molecular flexibility index (Phi) is 6.54. The summed E-state index contributed by atoms with van der Waals surface area (Å²) in [5.41, 5.74) is 6.87. The normalized spacial score (nSPS) is 12.0. The molecule has 1 nitrogen and oxygen atoms in total. The maximum atomic E-state index is 5.99. The van der Waals surface area contributed by atoms with Crippen molar-refractivity contribution in [3.05, 3.63) is 33.8 Å². The minimum absolute atomic E-state index is 0. The van der Waals surface area contributed by atoms with Gasteiger partial charge in [0.05, 0.1) is 0 Å². The molecular formula is C10H14Cl3N. The van der Waals surface area contributed by atoms with E-state index in [1.165, 1.54) is 0 Å². The van der Waals surface area contributed by atoms with Crippen LogP contribution < -0.4 is 5.73 Å². The first-order valence-electron chi connectivity index (χ1n) is 4.35. The van der Waals surface area contributed by atoms with E-state index in [0.717, 1.165) is 18.4 Å². The fraction of sp³-hybridized carbons (Fsp3) is 0.400. The number of nitrogens with two attached hydrogens (primary N) is 1. The molecule has 80 valence electrons. The Morgan fingerprint density at radius 2 is 2.00 bits per heavy atom. The summed E-state index contributed by atoms with van der Waals surface area (Å²) >= 11 is 11.8. The van der Waals surface area contributed by atoms with Crippen LogP contribution in [0.4, 0.5) is 0 Å². The van der Waals surface area contributed by atoms with Gasteiger partial charge < -0.3 is 5.73 Å². The summed E-state index contributed by atoms with van der Waals surface area (Å²) in [5.74, 6) is 0. The van der Waals surface area contributed by atoms with E-state index in [9.17, 15) is 0 Å². The molecule has 4 heteroatoms. The van der Waals surface area contributed by atoms with E-state index in [-0.39, 0.29) is 18.4 Å². The zero-order chi connectivity index (χ0) is 9.84. The average molecular weight is 255 g/mol. The molecule has 1 atom stereocenters. The van der Waals surface area contributed by atoms with Crippen molar-refractivity contribution >= 4 is 35.6 Å². The fourth-order valence-electron chi connectivity index (χ4n) is 1.27. The summed E-state index contributed by atoms with van der Waals surface area (Å²) in [6.07, 6.45) is 1.98. The van der Waals surface area contributed by atoms with E-state index in [1.807, 2.05) is 6.07 Å². The molecule has 1 aromatic rings. The zero-order valence-electron chi connectivity index (χ0n) is 7.97. The van der Waals surface area contributed by atoms with Crippen LogP contribution in [0, 0.1) is 0 Å². The standard InChI is InChI=1S/C10H13Cl2N.ClH/c1-2-3-10(13)8-6-7(11)4-5-9(8)12;/h4-6,10H,2-3,13H2,1H3;1H/t10-;/m1./s1. The van der Waals surface area contributed by atoms with Crippen molar-refractivity contribution in [3.8, 4) is 0 Å². The maximum Gasteiger partial charge on any atom is 0.0454 e. The van der Waals surface area contributed by atoms with E-state index < -0.39 is 0 Å². The minimum atomic E-state index is -0.00352. The van der Waals surface area contributed by atoms with Crippen LogP contribution in [0.5, 0.6) is 0 Å². The Balaban J connectivity index is 0.00000169. The average Bonchev–Trinajstić information content (AvgIpc) is 2.09. The van der Waals surface area contributed by atoms with Crippen LogP contribution in [0.15, 0.2) is 18.2 Å². The van der Waals surface area contributed by atoms with Crippen LogP contribution in [0.25, 0.3) is 0 Å². The molecule has 0 saturated heterocycles. The third kappa shape index (κ3) is 3.66. The molecule has 0 heterocycles. The number of rotatable bonds is 3. The Bertz CT molecular complexity index is 289. The molecule has 1 aromatic carbocycles. The first kappa shape index (κ1) is 14.1. The molecule has 0 bridgehead atoms. The summed E-state index contributed by atoms with van der Waals surface area (Å²) in [4.78, 5) is 0. The summed E-state index contributed by atoms with van der Waals surface area (Å²) in [6.45, 7) is 2.10. The van der Waals surface area contributed by atoms with Crippen molar-refractivity contribution in [2.75, 3.05) is 0 Å². The summed E-state index contributed by atoms with van der Waals surface area (Å²) in [7, 11) is 0. The van der Waals surface area contributed by atoms with Gasteiger partial charge in [-0.15, -0.1) is 12.4 Å². The predicted molar refractivity (Wildman–Crippen MR) is 65.5 cm³/mol. The van der Waals surface area contributed by atoms with Crippen LogP contribution in [0.2, 0.25) is 10.0 Å². The van der Waals surface area contributed by atoms with Gasteiger partial charge in [-0.3, -0.25) is 0 Å². The third-order valence-corrected chi connectivity index (χ3v) is 2.54. The molecule has 0 aliphatic carbocycles. The third-order valence-electron chi connectivity index (χ3n) is 1.96. The SMILES string of the molecule is CCC[C@@H](N)c1cc(Cl)ccc1Cl.Cl. The molecule has 0 amide bonds. The van der Waals surface area contributed by atoms with Gasteiger partial charge in [-0.25, -0.2) is 0 Å². The van der Waals surface area contributed by atoms with Crippen molar-refractivity contribution in [2.45, 2.75) is 25.8 Å². The molecule has 0 aromatic heterocycles. The van der Waals surface area contributed by atoms with Crippen LogP contribution >= 0.6 is 35.6 Å². The summed E-state index contributed by atoms with van der Waals surface area (Å²) in [6, 6.07) is 5.39. The number of hydrogen-bond acceptors (Lipinski definition) is 1. The second-order valence-corrected chi connectivity index (χ2v) is 3.90. The Morgan fingerprint density at radius 3 is 2.57 bits per heavy atom. The molecule has 2 N–H and O–H groups in total. The van der Waals surface area contributed by atoms with Gasteiger partial charge in [-0.05, 0) is 30.2 Å².